The average molecular weight is 254 g/mol. The van der Waals surface area contributed by atoms with Gasteiger partial charge in [0.15, 0.2) is 0 Å². The first-order valence-corrected chi connectivity index (χ1v) is 6.81. The number of hydrogen-bond donors (Lipinski definition) is 2. The van der Waals surface area contributed by atoms with E-state index in [2.05, 4.69) is 5.32 Å². The summed E-state index contributed by atoms with van der Waals surface area (Å²) >= 11 is 0. The Balaban J connectivity index is 2.49. The van der Waals surface area contributed by atoms with Crippen LogP contribution in [0.15, 0.2) is 29.2 Å². The Labute approximate surface area is 104 Å². The van der Waals surface area contributed by atoms with Gasteiger partial charge >= 0.3 is 0 Å². The third-order valence-electron chi connectivity index (χ3n) is 2.11. The molecule has 4 nitrogen and oxygen atoms in total. The summed E-state index contributed by atoms with van der Waals surface area (Å²) in [5.41, 5.74) is 6.15. The molecule has 94 valence electrons. The Hall–Kier alpha value is -1.36. The van der Waals surface area contributed by atoms with E-state index in [1.807, 2.05) is 13.8 Å². The topological polar surface area (TPSA) is 72.2 Å². The molecule has 3 N–H and O–H groups in total. The number of anilines is 1. The van der Waals surface area contributed by atoms with E-state index in [4.69, 9.17) is 5.73 Å². The quantitative estimate of drug-likeness (QED) is 0.774. The molecule has 17 heavy (non-hydrogen) atoms. The monoisotopic (exact) mass is 254 g/mol. The zero-order valence-electron chi connectivity index (χ0n) is 10.1. The average Bonchev–Trinajstić information content (AvgIpc) is 2.27. The lowest BCUT2D eigenvalue weighted by Crippen LogP contribution is -2.31. The van der Waals surface area contributed by atoms with Crippen molar-refractivity contribution in [3.8, 4) is 0 Å². The maximum atomic E-state index is 11.8. The number of nitrogens with two attached hydrogens (primary N) is 1. The normalized spacial score (nSPS) is 12.4. The van der Waals surface area contributed by atoms with Crippen LogP contribution >= 0.6 is 0 Å². The molecule has 0 saturated heterocycles. The van der Waals surface area contributed by atoms with Gasteiger partial charge in [-0.05, 0) is 30.2 Å². The molecule has 0 fully saturated rings. The fraction of sp³-hybridized carbons (Fsp3) is 0.417. The van der Waals surface area contributed by atoms with Crippen LogP contribution in [-0.4, -0.2) is 22.4 Å². The van der Waals surface area contributed by atoms with E-state index in [0.29, 0.717) is 23.0 Å². The summed E-state index contributed by atoms with van der Waals surface area (Å²) in [5.74, 6) is 0.203. The highest BCUT2D eigenvalue weighted by molar-refractivity contribution is 7.85. The number of carbonyl (C=O) groups excluding carboxylic acids is 1. The predicted molar refractivity (Wildman–Crippen MR) is 70.0 cm³/mol. The molecule has 1 aromatic carbocycles. The maximum absolute atomic E-state index is 11.8. The molecular weight excluding hydrogens is 236 g/mol. The third-order valence-corrected chi connectivity index (χ3v) is 3.43. The highest BCUT2D eigenvalue weighted by atomic mass is 32.2. The maximum Gasteiger partial charge on any atom is 0.233 e. The van der Waals surface area contributed by atoms with Gasteiger partial charge in [0.05, 0.1) is 10.8 Å². The molecule has 1 unspecified atom stereocenters. The summed E-state index contributed by atoms with van der Waals surface area (Å²) in [4.78, 5) is 12.1. The molecule has 0 aliphatic heterocycles. The summed E-state index contributed by atoms with van der Waals surface area (Å²) < 4.78 is 11.8. The van der Waals surface area contributed by atoms with Crippen LogP contribution in [0.25, 0.3) is 0 Å². The first-order valence-electron chi connectivity index (χ1n) is 5.49. The number of amides is 1. The molecule has 5 heteroatoms. The molecule has 0 spiro atoms. The summed E-state index contributed by atoms with van der Waals surface area (Å²) in [6.07, 6.45) is 0. The van der Waals surface area contributed by atoms with Gasteiger partial charge in [-0.2, -0.15) is 0 Å². The van der Waals surface area contributed by atoms with Gasteiger partial charge in [0.25, 0.3) is 0 Å². The largest absolute Gasteiger partial charge is 0.399 e. The van der Waals surface area contributed by atoms with Crippen molar-refractivity contribution in [1.82, 2.24) is 5.32 Å². The Morgan fingerprint density at radius 1 is 1.35 bits per heavy atom. The van der Waals surface area contributed by atoms with E-state index in [1.54, 1.807) is 24.3 Å². The predicted octanol–water partition coefficient (Wildman–Crippen LogP) is 1.15. The van der Waals surface area contributed by atoms with Crippen molar-refractivity contribution in [2.45, 2.75) is 18.7 Å². The van der Waals surface area contributed by atoms with Crippen molar-refractivity contribution in [2.75, 3.05) is 18.0 Å². The minimum absolute atomic E-state index is 0.00334. The second-order valence-electron chi connectivity index (χ2n) is 4.26. The molecule has 1 aromatic rings. The highest BCUT2D eigenvalue weighted by Gasteiger charge is 2.10. The molecule has 0 saturated carbocycles. The third kappa shape index (κ3) is 4.99. The lowest BCUT2D eigenvalue weighted by atomic mass is 10.2. The van der Waals surface area contributed by atoms with Crippen LogP contribution in [-0.2, 0) is 15.6 Å². The molecule has 0 aliphatic rings. The Morgan fingerprint density at radius 2 is 1.94 bits per heavy atom. The van der Waals surface area contributed by atoms with E-state index in [1.165, 1.54) is 0 Å². The van der Waals surface area contributed by atoms with Crippen LogP contribution in [0, 0.1) is 5.92 Å². The molecule has 1 rings (SSSR count). The van der Waals surface area contributed by atoms with Gasteiger partial charge < -0.3 is 11.1 Å². The number of benzene rings is 1. The van der Waals surface area contributed by atoms with Gasteiger partial charge in [0, 0.05) is 17.1 Å². The van der Waals surface area contributed by atoms with E-state index < -0.39 is 10.8 Å². The molecule has 0 radical (unpaired) electrons. The Bertz CT molecular complexity index is 401. The van der Waals surface area contributed by atoms with Crippen LogP contribution in [0.4, 0.5) is 5.69 Å². The van der Waals surface area contributed by atoms with Crippen LogP contribution in [0.3, 0.4) is 0 Å². The molecule has 1 atom stereocenters. The summed E-state index contributed by atoms with van der Waals surface area (Å²) in [6.45, 7) is 4.63. The van der Waals surface area contributed by atoms with E-state index >= 15 is 0 Å². The molecule has 0 aromatic heterocycles. The van der Waals surface area contributed by atoms with Crippen LogP contribution < -0.4 is 11.1 Å². The fourth-order valence-corrected chi connectivity index (χ4v) is 2.14. The van der Waals surface area contributed by atoms with Crippen molar-refractivity contribution < 1.29 is 9.00 Å². The molecule has 0 bridgehead atoms. The number of carbonyl (C=O) groups is 1. The molecule has 0 aliphatic carbocycles. The SMILES string of the molecule is CC(C)CNC(=O)CS(=O)c1ccc(N)cc1. The van der Waals surface area contributed by atoms with E-state index in [9.17, 15) is 9.00 Å². The lowest BCUT2D eigenvalue weighted by molar-refractivity contribution is -0.118. The van der Waals surface area contributed by atoms with Crippen LogP contribution in [0.1, 0.15) is 13.8 Å². The first kappa shape index (κ1) is 13.7. The zero-order valence-corrected chi connectivity index (χ0v) is 10.9. The second-order valence-corrected chi connectivity index (χ2v) is 5.71. The fourth-order valence-electron chi connectivity index (χ4n) is 1.19. The molecular formula is C12H18N2O2S. The van der Waals surface area contributed by atoms with Crippen molar-refractivity contribution >= 4 is 22.4 Å². The number of nitrogens with one attached hydrogen (secondary N) is 1. The van der Waals surface area contributed by atoms with Gasteiger partial charge in [-0.3, -0.25) is 9.00 Å². The van der Waals surface area contributed by atoms with E-state index in [-0.39, 0.29) is 11.7 Å². The van der Waals surface area contributed by atoms with Crippen molar-refractivity contribution in [1.29, 1.82) is 0 Å². The Kier molecular flexibility index (Phi) is 5.15. The van der Waals surface area contributed by atoms with Crippen molar-refractivity contribution in [3.63, 3.8) is 0 Å². The zero-order chi connectivity index (χ0) is 12.8. The minimum atomic E-state index is -1.30. The van der Waals surface area contributed by atoms with Gasteiger partial charge in [-0.1, -0.05) is 13.8 Å². The van der Waals surface area contributed by atoms with Crippen molar-refractivity contribution in [2.24, 2.45) is 5.92 Å². The number of nitrogen functional groups attached to an aromatic ring is 1. The highest BCUT2D eigenvalue weighted by Crippen LogP contribution is 2.09. The van der Waals surface area contributed by atoms with Gasteiger partial charge in [0.1, 0.15) is 5.75 Å². The summed E-state index contributed by atoms with van der Waals surface area (Å²) in [6, 6.07) is 6.72. The lowest BCUT2D eigenvalue weighted by Gasteiger charge is -2.07. The smallest absolute Gasteiger partial charge is 0.233 e. The number of rotatable bonds is 5. The second kappa shape index (κ2) is 6.39. The molecule has 0 heterocycles. The van der Waals surface area contributed by atoms with Crippen molar-refractivity contribution in [3.05, 3.63) is 24.3 Å². The van der Waals surface area contributed by atoms with E-state index in [0.717, 1.165) is 0 Å². The minimum Gasteiger partial charge on any atom is -0.399 e. The number of hydrogen-bond acceptors (Lipinski definition) is 3. The standard InChI is InChI=1S/C12H18N2O2S/c1-9(2)7-14-12(15)8-17(16)11-5-3-10(13)4-6-11/h3-6,9H,7-8,13H2,1-2H3,(H,14,15). The van der Waals surface area contributed by atoms with Crippen LogP contribution in [0.5, 0.6) is 0 Å². The van der Waals surface area contributed by atoms with Crippen LogP contribution in [0.2, 0.25) is 0 Å². The van der Waals surface area contributed by atoms with Gasteiger partial charge in [-0.15, -0.1) is 0 Å². The van der Waals surface area contributed by atoms with Gasteiger partial charge in [0.2, 0.25) is 5.91 Å². The first-order chi connectivity index (χ1) is 7.99. The Morgan fingerprint density at radius 3 is 2.47 bits per heavy atom. The van der Waals surface area contributed by atoms with Gasteiger partial charge in [-0.25, -0.2) is 0 Å². The molecule has 1 amide bonds. The summed E-state index contributed by atoms with van der Waals surface area (Å²) in [7, 11) is -1.30. The summed E-state index contributed by atoms with van der Waals surface area (Å²) in [5, 5.41) is 2.74.